The van der Waals surface area contributed by atoms with Crippen molar-refractivity contribution in [3.05, 3.63) is 0 Å². The first kappa shape index (κ1) is 41.7. The maximum Gasteiger partial charge on any atom is 0.187 e. The van der Waals surface area contributed by atoms with Crippen molar-refractivity contribution in [2.75, 3.05) is 33.0 Å². The average molecular weight is 702 g/mol. The topological polar surface area (TPSA) is 273 Å². The van der Waals surface area contributed by atoms with Crippen LogP contribution >= 0.6 is 0 Å². The molecule has 17 heteroatoms. The lowest BCUT2D eigenvalue weighted by atomic mass is 9.84. The van der Waals surface area contributed by atoms with E-state index < -0.39 is 123 Å². The average Bonchev–Trinajstić information content (AvgIpc) is 3.08. The fourth-order valence-electron chi connectivity index (χ4n) is 6.16. The van der Waals surface area contributed by atoms with Gasteiger partial charge in [0.05, 0.1) is 31.5 Å². The zero-order chi connectivity index (χ0) is 35.8. The fourth-order valence-corrected chi connectivity index (χ4v) is 6.16. The van der Waals surface area contributed by atoms with Gasteiger partial charge >= 0.3 is 0 Å². The molecule has 284 valence electrons. The fraction of sp³-hybridized carbons (Fsp3) is 1.00. The molecule has 3 rings (SSSR count). The van der Waals surface area contributed by atoms with Crippen LogP contribution in [0.4, 0.5) is 0 Å². The van der Waals surface area contributed by atoms with Gasteiger partial charge in [0, 0.05) is 6.61 Å². The van der Waals surface area contributed by atoms with Gasteiger partial charge in [-0.05, 0) is 52.5 Å². The van der Waals surface area contributed by atoms with E-state index >= 15 is 0 Å². The first-order valence-corrected chi connectivity index (χ1v) is 17.0. The maximum absolute atomic E-state index is 11.3. The van der Waals surface area contributed by atoms with Gasteiger partial charge in [-0.3, -0.25) is 0 Å². The van der Waals surface area contributed by atoms with E-state index in [2.05, 4.69) is 0 Å². The van der Waals surface area contributed by atoms with Crippen molar-refractivity contribution in [3.63, 3.8) is 0 Å². The lowest BCUT2D eigenvalue weighted by Crippen LogP contribution is -2.69. The molecule has 0 saturated carbocycles. The quantitative estimate of drug-likeness (QED) is 0.0624. The van der Waals surface area contributed by atoms with Crippen LogP contribution in [0.3, 0.4) is 0 Å². The van der Waals surface area contributed by atoms with E-state index in [1.54, 1.807) is 13.8 Å². The highest BCUT2D eigenvalue weighted by Gasteiger charge is 2.57. The van der Waals surface area contributed by atoms with Gasteiger partial charge in [0.25, 0.3) is 0 Å². The summed E-state index contributed by atoms with van der Waals surface area (Å²) in [5.74, 6) is 0. The Morgan fingerprint density at radius 1 is 0.667 bits per heavy atom. The Balaban J connectivity index is 1.94. The zero-order valence-electron chi connectivity index (χ0n) is 28.3. The predicted octanol–water partition coefficient (Wildman–Crippen LogP) is -3.39. The van der Waals surface area contributed by atoms with E-state index in [0.29, 0.717) is 32.4 Å². The molecule has 0 aromatic carbocycles. The lowest BCUT2D eigenvalue weighted by molar-refractivity contribution is -0.389. The lowest BCUT2D eigenvalue weighted by Gasteiger charge is -2.51. The number of rotatable bonds is 18. The van der Waals surface area contributed by atoms with Crippen LogP contribution in [0.1, 0.15) is 59.8 Å². The van der Waals surface area contributed by atoms with Gasteiger partial charge in [-0.25, -0.2) is 0 Å². The molecule has 0 spiro atoms. The van der Waals surface area contributed by atoms with E-state index in [-0.39, 0.29) is 0 Å². The smallest absolute Gasteiger partial charge is 0.187 e. The van der Waals surface area contributed by atoms with Crippen molar-refractivity contribution >= 4 is 0 Å². The number of hydrogen-bond acceptors (Lipinski definition) is 17. The number of aliphatic hydroxyl groups is 9. The summed E-state index contributed by atoms with van der Waals surface area (Å²) in [5.41, 5.74) is 4.46. The number of nitrogens with two attached hydrogens (primary N) is 1. The molecule has 3 aliphatic rings. The number of aliphatic hydroxyl groups excluding tert-OH is 9. The predicted molar refractivity (Wildman–Crippen MR) is 165 cm³/mol. The van der Waals surface area contributed by atoms with Gasteiger partial charge in [-0.1, -0.05) is 13.8 Å². The van der Waals surface area contributed by atoms with Crippen LogP contribution in [0.15, 0.2) is 0 Å². The molecule has 11 unspecified atom stereocenters. The Morgan fingerprint density at radius 3 is 1.77 bits per heavy atom. The van der Waals surface area contributed by atoms with Gasteiger partial charge in [0.2, 0.25) is 0 Å². The first-order chi connectivity index (χ1) is 22.8. The maximum atomic E-state index is 11.3. The Hall–Kier alpha value is -0.680. The standard InChI is InChI=1S/C31H59NO16/c1-5-15(3)43-25-21(38)18(14-35)45-29(24(25)41)48-27-23(40)20(37)17(13-34)46-30(27)47-26-22(39)19(36)16(12-33)44-28(26)31(4,6-2)42-11-9-7-8-10-32/h15-30,33-41H,5-14,32H2,1-4H3/t15?,16?,17?,18?,19-,20-,21-,22?,23?,24?,25?,26?,27?,28+,29+,30-,31?/m1/s1. The minimum Gasteiger partial charge on any atom is -0.394 e. The minimum atomic E-state index is -1.82. The largest absolute Gasteiger partial charge is 0.394 e. The third kappa shape index (κ3) is 9.60. The Kier molecular flexibility index (Phi) is 16.7. The highest BCUT2D eigenvalue weighted by Crippen LogP contribution is 2.38. The number of hydrogen-bond donors (Lipinski definition) is 10. The van der Waals surface area contributed by atoms with E-state index in [0.717, 1.165) is 12.8 Å². The molecule has 0 amide bonds. The third-order valence-electron chi connectivity index (χ3n) is 9.64. The molecule has 0 aliphatic carbocycles. The monoisotopic (exact) mass is 701 g/mol. The first-order valence-electron chi connectivity index (χ1n) is 17.0. The molecule has 11 N–H and O–H groups in total. The van der Waals surface area contributed by atoms with Gasteiger partial charge in [0.1, 0.15) is 79.4 Å². The summed E-state index contributed by atoms with van der Waals surface area (Å²) in [6.45, 7) is 5.89. The van der Waals surface area contributed by atoms with Crippen molar-refractivity contribution in [3.8, 4) is 0 Å². The van der Waals surface area contributed by atoms with E-state index in [9.17, 15) is 46.0 Å². The highest BCUT2D eigenvalue weighted by molar-refractivity contribution is 5.02. The molecule has 17 nitrogen and oxygen atoms in total. The van der Waals surface area contributed by atoms with Gasteiger partial charge in [-0.15, -0.1) is 0 Å². The Bertz CT molecular complexity index is 924. The summed E-state index contributed by atoms with van der Waals surface area (Å²) in [5, 5.41) is 95.8. The second-order valence-corrected chi connectivity index (χ2v) is 13.1. The molecule has 0 aromatic rings. The van der Waals surface area contributed by atoms with Crippen LogP contribution in [0.5, 0.6) is 0 Å². The van der Waals surface area contributed by atoms with E-state index in [1.165, 1.54) is 0 Å². The Morgan fingerprint density at radius 2 is 1.21 bits per heavy atom. The van der Waals surface area contributed by atoms with Crippen LogP contribution in [-0.4, -0.2) is 183 Å². The van der Waals surface area contributed by atoms with Crippen LogP contribution in [0, 0.1) is 0 Å². The zero-order valence-corrected chi connectivity index (χ0v) is 28.3. The molecule has 0 aromatic heterocycles. The summed E-state index contributed by atoms with van der Waals surface area (Å²) >= 11 is 0. The van der Waals surface area contributed by atoms with Gasteiger partial charge in [0.15, 0.2) is 12.6 Å². The normalized spacial score (nSPS) is 42.8. The molecule has 3 aliphatic heterocycles. The Labute approximate surface area is 281 Å². The summed E-state index contributed by atoms with van der Waals surface area (Å²) in [4.78, 5) is 0. The van der Waals surface area contributed by atoms with E-state index in [4.69, 9.17) is 38.9 Å². The molecule has 17 atom stereocenters. The van der Waals surface area contributed by atoms with Crippen molar-refractivity contribution in [1.82, 2.24) is 0 Å². The van der Waals surface area contributed by atoms with Gasteiger partial charge in [-0.2, -0.15) is 0 Å². The molecule has 0 radical (unpaired) electrons. The summed E-state index contributed by atoms with van der Waals surface area (Å²) < 4.78 is 41.8. The number of ether oxygens (including phenoxy) is 7. The van der Waals surface area contributed by atoms with Crippen LogP contribution < -0.4 is 5.73 Å². The van der Waals surface area contributed by atoms with Crippen molar-refractivity contribution < 1.29 is 79.1 Å². The molecule has 3 fully saturated rings. The second-order valence-electron chi connectivity index (χ2n) is 13.1. The van der Waals surface area contributed by atoms with Crippen molar-refractivity contribution in [2.24, 2.45) is 5.73 Å². The third-order valence-corrected chi connectivity index (χ3v) is 9.64. The molecule has 3 saturated heterocycles. The summed E-state index contributed by atoms with van der Waals surface area (Å²) in [6, 6.07) is 0. The van der Waals surface area contributed by atoms with E-state index in [1.807, 2.05) is 13.8 Å². The molecule has 3 heterocycles. The molecule has 48 heavy (non-hydrogen) atoms. The minimum absolute atomic E-state index is 0.303. The highest BCUT2D eigenvalue weighted by atomic mass is 16.8. The molecule has 0 bridgehead atoms. The van der Waals surface area contributed by atoms with Crippen LogP contribution in [0.2, 0.25) is 0 Å². The molecular formula is C31H59NO16. The van der Waals surface area contributed by atoms with Crippen LogP contribution in [-0.2, 0) is 33.2 Å². The summed E-state index contributed by atoms with van der Waals surface area (Å²) in [6.07, 6.45) is -19.9. The van der Waals surface area contributed by atoms with Crippen LogP contribution in [0.25, 0.3) is 0 Å². The second kappa shape index (κ2) is 19.2. The SMILES string of the molecule is CCC(C)OC1C(O)[C@H](OC2C(O)[C@H](O)C(CO)O[C@@H]2OC2C(O)[C@H](O)C(CO)O[C@@H]2C(C)(CC)OCCCCCN)OC(CO)[C@H]1O. The van der Waals surface area contributed by atoms with Gasteiger partial charge < -0.3 is 84.9 Å². The van der Waals surface area contributed by atoms with Crippen molar-refractivity contribution in [2.45, 2.75) is 163 Å². The summed E-state index contributed by atoms with van der Waals surface area (Å²) in [7, 11) is 0. The van der Waals surface area contributed by atoms with Crippen molar-refractivity contribution in [1.29, 1.82) is 0 Å². The molecular weight excluding hydrogens is 642 g/mol. The number of unbranched alkanes of at least 4 members (excludes halogenated alkanes) is 2.